The van der Waals surface area contributed by atoms with Crippen LogP contribution in [0.25, 0.3) is 21.2 Å². The van der Waals surface area contributed by atoms with Gasteiger partial charge < -0.3 is 20.3 Å². The monoisotopic (exact) mass is 474 g/mol. The molecule has 1 aliphatic heterocycles. The van der Waals surface area contributed by atoms with Gasteiger partial charge in [-0.2, -0.15) is 5.10 Å². The molecule has 176 valence electrons. The number of rotatable bonds is 7. The molecule has 1 saturated heterocycles. The van der Waals surface area contributed by atoms with Gasteiger partial charge in [0.25, 0.3) is 0 Å². The first-order chi connectivity index (χ1) is 16.6. The maximum Gasteiger partial charge on any atom is 0.157 e. The molecule has 0 aliphatic carbocycles. The van der Waals surface area contributed by atoms with Crippen molar-refractivity contribution in [3.8, 4) is 10.4 Å². The van der Waals surface area contributed by atoms with Gasteiger partial charge in [0.2, 0.25) is 0 Å². The maximum absolute atomic E-state index is 5.50. The Morgan fingerprint density at radius 2 is 1.91 bits per heavy atom. The molecule has 0 saturated carbocycles. The second kappa shape index (κ2) is 10.0. The number of thiophene rings is 1. The van der Waals surface area contributed by atoms with Gasteiger partial charge in [-0.15, -0.1) is 16.4 Å². The number of morpholine rings is 1. The van der Waals surface area contributed by atoms with Gasteiger partial charge in [0, 0.05) is 46.4 Å². The molecule has 0 bridgehead atoms. The molecule has 0 unspecified atom stereocenters. The summed E-state index contributed by atoms with van der Waals surface area (Å²) >= 11 is 1.81. The summed E-state index contributed by atoms with van der Waals surface area (Å²) in [5, 5.41) is 17.9. The average molecular weight is 475 g/mol. The first kappa shape index (κ1) is 22.7. The van der Waals surface area contributed by atoms with E-state index in [-0.39, 0.29) is 6.04 Å². The fourth-order valence-electron chi connectivity index (χ4n) is 4.35. The summed E-state index contributed by atoms with van der Waals surface area (Å²) < 4.78 is 5.50. The van der Waals surface area contributed by atoms with E-state index in [9.17, 15) is 0 Å². The second-order valence-corrected chi connectivity index (χ2v) is 9.69. The quantitative estimate of drug-likeness (QED) is 0.399. The Hall–Kier alpha value is -3.07. The lowest BCUT2D eigenvalue weighted by molar-refractivity contribution is 0.122. The van der Waals surface area contributed by atoms with Gasteiger partial charge in [0.15, 0.2) is 5.82 Å². The van der Waals surface area contributed by atoms with E-state index in [4.69, 9.17) is 9.72 Å². The number of aryl methyl sites for hydroxylation is 1. The Morgan fingerprint density at radius 3 is 2.74 bits per heavy atom. The molecule has 4 heterocycles. The van der Waals surface area contributed by atoms with Crippen LogP contribution in [0.3, 0.4) is 0 Å². The largest absolute Gasteiger partial charge is 0.378 e. The summed E-state index contributed by atoms with van der Waals surface area (Å²) in [6.07, 6.45) is 1.92. The Kier molecular flexibility index (Phi) is 6.71. The Balaban J connectivity index is 1.43. The van der Waals surface area contributed by atoms with Crippen LogP contribution in [0.1, 0.15) is 29.1 Å². The number of pyridine rings is 1. The van der Waals surface area contributed by atoms with Crippen LogP contribution in [0.15, 0.2) is 48.7 Å². The third kappa shape index (κ3) is 4.61. The average Bonchev–Trinajstić information content (AvgIpc) is 3.37. The van der Waals surface area contributed by atoms with E-state index in [1.807, 2.05) is 31.5 Å². The van der Waals surface area contributed by atoms with Crippen LogP contribution in [0.2, 0.25) is 0 Å². The van der Waals surface area contributed by atoms with E-state index in [0.717, 1.165) is 61.0 Å². The van der Waals surface area contributed by atoms with E-state index in [2.05, 4.69) is 75.1 Å². The lowest BCUT2D eigenvalue weighted by Gasteiger charge is -2.28. The standard InChI is InChI=1S/C26H30N6OS/c1-17-22-16-28-25(32-10-12-33-13-11-32)14-21(22)26(31-30-17)29-18(2)23-8-9-24(34-23)20-7-5-4-6-19(20)15-27-3/h4-9,14,16,18,27H,10-13,15H2,1-3H3,(H,29,31)/t18-/m1/s1. The summed E-state index contributed by atoms with van der Waals surface area (Å²) in [7, 11) is 1.98. The first-order valence-corrected chi connectivity index (χ1v) is 12.5. The first-order valence-electron chi connectivity index (χ1n) is 11.7. The highest BCUT2D eigenvalue weighted by Crippen LogP contribution is 2.35. The molecule has 0 spiro atoms. The number of nitrogens with zero attached hydrogens (tertiary/aromatic N) is 4. The molecule has 0 radical (unpaired) electrons. The van der Waals surface area contributed by atoms with Gasteiger partial charge in [-0.05, 0) is 50.2 Å². The normalized spacial score (nSPS) is 15.0. The molecular formula is C26H30N6OS. The van der Waals surface area contributed by atoms with Gasteiger partial charge >= 0.3 is 0 Å². The van der Waals surface area contributed by atoms with Crippen molar-refractivity contribution in [2.75, 3.05) is 43.6 Å². The van der Waals surface area contributed by atoms with Crippen molar-refractivity contribution in [2.24, 2.45) is 0 Å². The second-order valence-electron chi connectivity index (χ2n) is 8.58. The minimum absolute atomic E-state index is 0.0930. The van der Waals surface area contributed by atoms with Crippen molar-refractivity contribution >= 4 is 33.7 Å². The van der Waals surface area contributed by atoms with Crippen LogP contribution in [0.5, 0.6) is 0 Å². The molecule has 34 heavy (non-hydrogen) atoms. The molecule has 3 aromatic heterocycles. The Bertz CT molecular complexity index is 1280. The van der Waals surface area contributed by atoms with E-state index in [1.165, 1.54) is 20.9 Å². The Labute approximate surface area is 204 Å². The zero-order chi connectivity index (χ0) is 23.5. The summed E-state index contributed by atoms with van der Waals surface area (Å²) in [6, 6.07) is 15.2. The third-order valence-electron chi connectivity index (χ3n) is 6.23. The molecule has 1 aliphatic rings. The number of ether oxygens (including phenoxy) is 1. The summed E-state index contributed by atoms with van der Waals surface area (Å²) in [5.41, 5.74) is 3.47. The van der Waals surface area contributed by atoms with Gasteiger partial charge in [-0.1, -0.05) is 24.3 Å². The van der Waals surface area contributed by atoms with Gasteiger partial charge in [-0.3, -0.25) is 0 Å². The minimum atomic E-state index is 0.0930. The fraction of sp³-hybridized carbons (Fsp3) is 0.346. The van der Waals surface area contributed by atoms with Gasteiger partial charge in [-0.25, -0.2) is 4.98 Å². The SMILES string of the molecule is CNCc1ccccc1-c1ccc([C@@H](C)Nc2nnc(C)c3cnc(N4CCOCC4)cc23)s1. The lowest BCUT2D eigenvalue weighted by Crippen LogP contribution is -2.36. The third-order valence-corrected chi connectivity index (χ3v) is 7.53. The molecule has 1 fully saturated rings. The molecule has 8 heteroatoms. The topological polar surface area (TPSA) is 75.2 Å². The smallest absolute Gasteiger partial charge is 0.157 e. The highest BCUT2D eigenvalue weighted by atomic mass is 32.1. The fourth-order valence-corrected chi connectivity index (χ4v) is 5.42. The van der Waals surface area contributed by atoms with E-state index < -0.39 is 0 Å². The zero-order valence-corrected chi connectivity index (χ0v) is 20.7. The van der Waals surface area contributed by atoms with Crippen molar-refractivity contribution in [2.45, 2.75) is 26.4 Å². The summed E-state index contributed by atoms with van der Waals surface area (Å²) in [6.45, 7) is 8.16. The summed E-state index contributed by atoms with van der Waals surface area (Å²) in [4.78, 5) is 9.49. The van der Waals surface area contributed by atoms with Crippen molar-refractivity contribution in [1.29, 1.82) is 0 Å². The van der Waals surface area contributed by atoms with Crippen LogP contribution in [0.4, 0.5) is 11.6 Å². The number of hydrogen-bond donors (Lipinski definition) is 2. The molecular weight excluding hydrogens is 444 g/mol. The van der Waals surface area contributed by atoms with Crippen molar-refractivity contribution in [3.63, 3.8) is 0 Å². The van der Waals surface area contributed by atoms with Crippen molar-refractivity contribution in [1.82, 2.24) is 20.5 Å². The van der Waals surface area contributed by atoms with Crippen LogP contribution in [0, 0.1) is 6.92 Å². The highest BCUT2D eigenvalue weighted by molar-refractivity contribution is 7.15. The predicted molar refractivity (Wildman–Crippen MR) is 140 cm³/mol. The number of nitrogens with one attached hydrogen (secondary N) is 2. The maximum atomic E-state index is 5.50. The van der Waals surface area contributed by atoms with Crippen LogP contribution >= 0.6 is 11.3 Å². The molecule has 1 aromatic carbocycles. The molecule has 2 N–H and O–H groups in total. The highest BCUT2D eigenvalue weighted by Gasteiger charge is 2.18. The Morgan fingerprint density at radius 1 is 1.09 bits per heavy atom. The van der Waals surface area contributed by atoms with Crippen LogP contribution < -0.4 is 15.5 Å². The van der Waals surface area contributed by atoms with Gasteiger partial charge in [0.05, 0.1) is 24.9 Å². The summed E-state index contributed by atoms with van der Waals surface area (Å²) in [5.74, 6) is 1.74. The molecule has 5 rings (SSSR count). The van der Waals surface area contributed by atoms with Crippen molar-refractivity contribution < 1.29 is 4.74 Å². The van der Waals surface area contributed by atoms with Crippen LogP contribution in [-0.4, -0.2) is 48.5 Å². The number of anilines is 2. The number of aromatic nitrogens is 3. The number of fused-ring (bicyclic) bond motifs is 1. The van der Waals surface area contributed by atoms with Gasteiger partial charge in [0.1, 0.15) is 5.82 Å². The van der Waals surface area contributed by atoms with Crippen LogP contribution in [-0.2, 0) is 11.3 Å². The predicted octanol–water partition coefficient (Wildman–Crippen LogP) is 4.79. The zero-order valence-electron chi connectivity index (χ0n) is 19.8. The number of benzene rings is 1. The molecule has 4 aromatic rings. The lowest BCUT2D eigenvalue weighted by atomic mass is 10.1. The number of hydrogen-bond acceptors (Lipinski definition) is 8. The minimum Gasteiger partial charge on any atom is -0.378 e. The van der Waals surface area contributed by atoms with E-state index in [1.54, 1.807) is 0 Å². The molecule has 0 amide bonds. The van der Waals surface area contributed by atoms with Crippen molar-refractivity contribution in [3.05, 3.63) is 64.8 Å². The van der Waals surface area contributed by atoms with E-state index in [0.29, 0.717) is 0 Å². The molecule has 1 atom stereocenters. The van der Waals surface area contributed by atoms with E-state index >= 15 is 0 Å². The molecule has 7 nitrogen and oxygen atoms in total.